The van der Waals surface area contributed by atoms with Gasteiger partial charge < -0.3 is 15.3 Å². The van der Waals surface area contributed by atoms with Gasteiger partial charge in [-0.15, -0.1) is 11.6 Å². The monoisotopic (exact) mass is 188 g/mol. The summed E-state index contributed by atoms with van der Waals surface area (Å²) in [6.07, 6.45) is 0.412. The molecule has 4 heteroatoms. The fourth-order valence-electron chi connectivity index (χ4n) is 0.954. The molecule has 3 nitrogen and oxygen atoms in total. The molecule has 0 heterocycles. The highest BCUT2D eigenvalue weighted by Gasteiger charge is 2.07. The van der Waals surface area contributed by atoms with E-state index in [1.165, 1.54) is 6.07 Å². The first kappa shape index (κ1) is 9.00. The summed E-state index contributed by atoms with van der Waals surface area (Å²) < 4.78 is 0. The van der Waals surface area contributed by atoms with Crippen molar-refractivity contribution in [3.05, 3.63) is 17.7 Å². The van der Waals surface area contributed by atoms with Crippen LogP contribution in [0.4, 0.5) is 0 Å². The van der Waals surface area contributed by atoms with Crippen LogP contribution in [-0.2, 0) is 6.42 Å². The van der Waals surface area contributed by atoms with Crippen LogP contribution in [0.1, 0.15) is 5.56 Å². The lowest BCUT2D eigenvalue weighted by Crippen LogP contribution is -1.87. The zero-order valence-electron chi connectivity index (χ0n) is 6.29. The molecule has 1 aromatic carbocycles. The van der Waals surface area contributed by atoms with E-state index in [0.29, 0.717) is 17.9 Å². The summed E-state index contributed by atoms with van der Waals surface area (Å²) in [5.74, 6) is -0.287. The standard InChI is InChI=1S/C8H9ClO3/c9-2-1-5-3-6(10)4-7(11)8(5)12/h3-4,10-12H,1-2H2. The molecule has 0 bridgehead atoms. The Labute approximate surface area is 74.8 Å². The molecule has 0 aliphatic carbocycles. The summed E-state index contributed by atoms with van der Waals surface area (Å²) in [5.41, 5.74) is 0.447. The Morgan fingerprint density at radius 3 is 2.42 bits per heavy atom. The van der Waals surface area contributed by atoms with E-state index in [4.69, 9.17) is 21.8 Å². The average Bonchev–Trinajstić information content (AvgIpc) is 2.00. The van der Waals surface area contributed by atoms with E-state index >= 15 is 0 Å². The van der Waals surface area contributed by atoms with E-state index in [1.807, 2.05) is 0 Å². The number of hydrogen-bond donors (Lipinski definition) is 3. The molecule has 66 valence electrons. The lowest BCUT2D eigenvalue weighted by atomic mass is 10.1. The minimum atomic E-state index is -0.324. The predicted molar refractivity (Wildman–Crippen MR) is 45.9 cm³/mol. The molecule has 3 N–H and O–H groups in total. The molecule has 1 rings (SSSR count). The molecule has 1 aromatic rings. The van der Waals surface area contributed by atoms with Gasteiger partial charge in [-0.2, -0.15) is 0 Å². The second-order valence-corrected chi connectivity index (χ2v) is 2.79. The van der Waals surface area contributed by atoms with Gasteiger partial charge in [-0.1, -0.05) is 0 Å². The number of rotatable bonds is 2. The largest absolute Gasteiger partial charge is 0.508 e. The quantitative estimate of drug-likeness (QED) is 0.375. The average molecular weight is 189 g/mol. The lowest BCUT2D eigenvalue weighted by molar-refractivity contribution is 0.392. The summed E-state index contributed by atoms with van der Waals surface area (Å²) in [7, 11) is 0. The summed E-state index contributed by atoms with van der Waals surface area (Å²) in [5, 5.41) is 27.3. The van der Waals surface area contributed by atoms with Crippen molar-refractivity contribution in [3.63, 3.8) is 0 Å². The van der Waals surface area contributed by atoms with Crippen molar-refractivity contribution in [2.75, 3.05) is 5.88 Å². The molecule has 0 saturated heterocycles. The van der Waals surface area contributed by atoms with Crippen LogP contribution >= 0.6 is 11.6 Å². The summed E-state index contributed by atoms with van der Waals surface area (Å²) >= 11 is 5.44. The van der Waals surface area contributed by atoms with Crippen LogP contribution < -0.4 is 0 Å². The molecular formula is C8H9ClO3. The Bertz CT molecular complexity index is 286. The maximum Gasteiger partial charge on any atom is 0.161 e. The highest BCUT2D eigenvalue weighted by molar-refractivity contribution is 6.18. The van der Waals surface area contributed by atoms with Gasteiger partial charge in [0.05, 0.1) is 0 Å². The normalized spacial score (nSPS) is 10.1. The van der Waals surface area contributed by atoms with Gasteiger partial charge in [0.1, 0.15) is 5.75 Å². The van der Waals surface area contributed by atoms with Gasteiger partial charge in [-0.25, -0.2) is 0 Å². The van der Waals surface area contributed by atoms with Gasteiger partial charge in [0.2, 0.25) is 0 Å². The van der Waals surface area contributed by atoms with E-state index in [0.717, 1.165) is 6.07 Å². The fraction of sp³-hybridized carbons (Fsp3) is 0.250. The van der Waals surface area contributed by atoms with Crippen molar-refractivity contribution in [1.82, 2.24) is 0 Å². The molecule has 0 aromatic heterocycles. The van der Waals surface area contributed by atoms with Gasteiger partial charge in [-0.3, -0.25) is 0 Å². The molecule has 0 unspecified atom stereocenters. The molecule has 0 saturated carbocycles. The van der Waals surface area contributed by atoms with Crippen molar-refractivity contribution in [2.45, 2.75) is 6.42 Å². The van der Waals surface area contributed by atoms with Crippen molar-refractivity contribution in [2.24, 2.45) is 0 Å². The molecule has 0 fully saturated rings. The van der Waals surface area contributed by atoms with Gasteiger partial charge in [0.25, 0.3) is 0 Å². The van der Waals surface area contributed by atoms with E-state index in [1.54, 1.807) is 0 Å². The van der Waals surface area contributed by atoms with Crippen molar-refractivity contribution >= 4 is 11.6 Å². The van der Waals surface area contributed by atoms with Gasteiger partial charge >= 0.3 is 0 Å². The van der Waals surface area contributed by atoms with Gasteiger partial charge in [0.15, 0.2) is 11.5 Å². The van der Waals surface area contributed by atoms with Crippen LogP contribution in [0.25, 0.3) is 0 Å². The lowest BCUT2D eigenvalue weighted by Gasteiger charge is -2.04. The fourth-order valence-corrected chi connectivity index (χ4v) is 1.16. The van der Waals surface area contributed by atoms with E-state index in [9.17, 15) is 5.11 Å². The van der Waals surface area contributed by atoms with E-state index < -0.39 is 0 Å². The summed E-state index contributed by atoms with van der Waals surface area (Å²) in [4.78, 5) is 0. The first-order valence-electron chi connectivity index (χ1n) is 3.45. The number of halogens is 1. The Hall–Kier alpha value is -1.09. The second-order valence-electron chi connectivity index (χ2n) is 2.41. The van der Waals surface area contributed by atoms with Crippen LogP contribution in [0.3, 0.4) is 0 Å². The topological polar surface area (TPSA) is 60.7 Å². The smallest absolute Gasteiger partial charge is 0.161 e. The van der Waals surface area contributed by atoms with Gasteiger partial charge in [-0.05, 0) is 12.5 Å². The highest BCUT2D eigenvalue weighted by Crippen LogP contribution is 2.33. The summed E-state index contributed by atoms with van der Waals surface area (Å²) in [6, 6.07) is 2.45. The van der Waals surface area contributed by atoms with Crippen LogP contribution in [0.15, 0.2) is 12.1 Å². The zero-order valence-corrected chi connectivity index (χ0v) is 7.04. The molecule has 0 amide bonds. The van der Waals surface area contributed by atoms with Crippen LogP contribution in [0.5, 0.6) is 17.2 Å². The van der Waals surface area contributed by atoms with E-state index in [-0.39, 0.29) is 17.2 Å². The van der Waals surface area contributed by atoms with Crippen molar-refractivity contribution in [1.29, 1.82) is 0 Å². The minimum Gasteiger partial charge on any atom is -0.508 e. The molecule has 12 heavy (non-hydrogen) atoms. The maximum atomic E-state index is 9.23. The molecule has 0 aliphatic heterocycles. The third kappa shape index (κ3) is 1.74. The Morgan fingerprint density at radius 2 is 1.83 bits per heavy atom. The molecular weight excluding hydrogens is 180 g/mol. The number of aryl methyl sites for hydroxylation is 1. The van der Waals surface area contributed by atoms with Crippen LogP contribution in [0, 0.1) is 0 Å². The third-order valence-electron chi connectivity index (χ3n) is 1.52. The van der Waals surface area contributed by atoms with Crippen molar-refractivity contribution in [3.8, 4) is 17.2 Å². The number of phenolic OH excluding ortho intramolecular Hbond substituents is 3. The first-order chi connectivity index (χ1) is 5.65. The van der Waals surface area contributed by atoms with Crippen LogP contribution in [0.2, 0.25) is 0 Å². The number of hydrogen-bond acceptors (Lipinski definition) is 3. The molecule has 0 radical (unpaired) electrons. The minimum absolute atomic E-state index is 0.0783. The SMILES string of the molecule is Oc1cc(O)c(O)c(CCCl)c1. The zero-order chi connectivity index (χ0) is 9.14. The summed E-state index contributed by atoms with van der Waals surface area (Å²) in [6.45, 7) is 0. The number of aromatic hydroxyl groups is 3. The number of alkyl halides is 1. The van der Waals surface area contributed by atoms with Gasteiger partial charge in [0, 0.05) is 17.5 Å². The molecule has 0 spiro atoms. The number of benzene rings is 1. The molecule has 0 atom stereocenters. The maximum absolute atomic E-state index is 9.23. The Balaban J connectivity index is 3.09. The highest BCUT2D eigenvalue weighted by atomic mass is 35.5. The predicted octanol–water partition coefficient (Wildman–Crippen LogP) is 1.58. The Kier molecular flexibility index (Phi) is 2.65. The van der Waals surface area contributed by atoms with Crippen LogP contribution in [-0.4, -0.2) is 21.2 Å². The van der Waals surface area contributed by atoms with Crippen molar-refractivity contribution < 1.29 is 15.3 Å². The Morgan fingerprint density at radius 1 is 1.17 bits per heavy atom. The first-order valence-corrected chi connectivity index (χ1v) is 3.98. The second kappa shape index (κ2) is 3.54. The third-order valence-corrected chi connectivity index (χ3v) is 1.71. The molecule has 0 aliphatic rings. The van der Waals surface area contributed by atoms with E-state index in [2.05, 4.69) is 0 Å². The number of phenols is 3.